The number of rotatable bonds is 8. The first kappa shape index (κ1) is 29.0. The van der Waals surface area contributed by atoms with Gasteiger partial charge in [0.25, 0.3) is 5.69 Å². The average molecular weight is 580 g/mol. The van der Waals surface area contributed by atoms with Gasteiger partial charge in [-0.3, -0.25) is 19.7 Å². The Balaban J connectivity index is 1.17. The Morgan fingerprint density at radius 1 is 1.05 bits per heavy atom. The maximum atomic E-state index is 13.2. The predicted molar refractivity (Wildman–Crippen MR) is 142 cm³/mol. The summed E-state index contributed by atoms with van der Waals surface area (Å²) in [5, 5.41) is 20.2. The Hall–Kier alpha value is -3.97. The molecule has 0 saturated heterocycles. The molecule has 2 aromatic carbocycles. The Kier molecular flexibility index (Phi) is 9.05. The van der Waals surface area contributed by atoms with E-state index in [9.17, 15) is 32.9 Å². The van der Waals surface area contributed by atoms with E-state index in [1.54, 1.807) is 30.3 Å². The number of aromatic nitrogens is 1. The fraction of sp³-hybridized carbons (Fsp3) is 0.346. The van der Waals surface area contributed by atoms with E-state index in [2.05, 4.69) is 20.9 Å². The van der Waals surface area contributed by atoms with Crippen molar-refractivity contribution < 1.29 is 32.4 Å². The summed E-state index contributed by atoms with van der Waals surface area (Å²) in [5.74, 6) is -1.48. The van der Waals surface area contributed by atoms with Crippen molar-refractivity contribution in [2.45, 2.75) is 44.0 Å². The summed E-state index contributed by atoms with van der Waals surface area (Å²) in [7, 11) is 0. The van der Waals surface area contributed by atoms with Gasteiger partial charge in [-0.05, 0) is 68.1 Å². The van der Waals surface area contributed by atoms with E-state index in [1.165, 1.54) is 6.07 Å². The van der Waals surface area contributed by atoms with Crippen LogP contribution < -0.4 is 16.0 Å². The Morgan fingerprint density at radius 2 is 1.80 bits per heavy atom. The topological polar surface area (TPSA) is 135 Å². The number of carbonyl (C=O) groups is 2. The highest BCUT2D eigenvalue weighted by Crippen LogP contribution is 2.38. The standard InChI is InChI=1S/C26H25ClF3N5O5/c27-16-2-8-21-15(13-16)1-10-23(33-21)34-25(37)24(36)31-11-12-40-19-6-3-17(4-7-19)32-18-5-9-22(35(38)39)20(14-18)26(28,29)30/h1-2,5,8-10,13-14,17,19,32H,3-4,6-7,11-12H2,(H,31,36)(H,33,34,37)/t17-,19-. The number of hydrogen-bond acceptors (Lipinski definition) is 7. The Morgan fingerprint density at radius 3 is 2.50 bits per heavy atom. The molecule has 1 fully saturated rings. The number of nitro benzene ring substituents is 1. The highest BCUT2D eigenvalue weighted by Gasteiger charge is 2.38. The van der Waals surface area contributed by atoms with Gasteiger partial charge in [0.2, 0.25) is 0 Å². The number of anilines is 2. The third kappa shape index (κ3) is 7.57. The zero-order valence-electron chi connectivity index (χ0n) is 21.0. The zero-order chi connectivity index (χ0) is 28.9. The molecular formula is C26H25ClF3N5O5. The van der Waals surface area contributed by atoms with Crippen LogP contribution >= 0.6 is 11.6 Å². The zero-order valence-corrected chi connectivity index (χ0v) is 21.7. The van der Waals surface area contributed by atoms with Gasteiger partial charge in [0, 0.05) is 34.7 Å². The highest BCUT2D eigenvalue weighted by molar-refractivity contribution is 6.39. The molecule has 3 N–H and O–H groups in total. The monoisotopic (exact) mass is 579 g/mol. The van der Waals surface area contributed by atoms with Crippen molar-refractivity contribution in [3.63, 3.8) is 0 Å². The van der Waals surface area contributed by atoms with Crippen molar-refractivity contribution in [1.29, 1.82) is 0 Å². The summed E-state index contributed by atoms with van der Waals surface area (Å²) in [6.07, 6.45) is -2.47. The molecule has 10 nitrogen and oxygen atoms in total. The molecule has 212 valence electrons. The van der Waals surface area contributed by atoms with Gasteiger partial charge in [0.15, 0.2) is 0 Å². The number of nitrogens with one attached hydrogen (secondary N) is 3. The SMILES string of the molecule is O=C(NCCO[C@H]1CC[C@H](Nc2ccc([N+](=O)[O-])c(C(F)(F)F)c2)CC1)C(=O)Nc1ccc2cc(Cl)ccc2n1. The minimum Gasteiger partial charge on any atom is -0.382 e. The second kappa shape index (κ2) is 12.5. The van der Waals surface area contributed by atoms with Crippen molar-refractivity contribution in [2.75, 3.05) is 23.8 Å². The molecule has 1 aromatic heterocycles. The Bertz CT molecular complexity index is 1410. The summed E-state index contributed by atoms with van der Waals surface area (Å²) in [6, 6.07) is 11.2. The maximum absolute atomic E-state index is 13.2. The molecule has 2 amide bonds. The van der Waals surface area contributed by atoms with Crippen molar-refractivity contribution >= 4 is 51.5 Å². The van der Waals surface area contributed by atoms with E-state index in [1.807, 2.05) is 0 Å². The van der Waals surface area contributed by atoms with Crippen LogP contribution in [0.4, 0.5) is 30.4 Å². The minimum atomic E-state index is -4.84. The fourth-order valence-electron chi connectivity index (χ4n) is 4.43. The van der Waals surface area contributed by atoms with Crippen molar-refractivity contribution in [3.05, 3.63) is 69.2 Å². The largest absolute Gasteiger partial charge is 0.423 e. The fourth-order valence-corrected chi connectivity index (χ4v) is 4.61. The van der Waals surface area contributed by atoms with Gasteiger partial charge in [-0.1, -0.05) is 11.6 Å². The van der Waals surface area contributed by atoms with Gasteiger partial charge >= 0.3 is 18.0 Å². The van der Waals surface area contributed by atoms with E-state index in [0.29, 0.717) is 36.2 Å². The molecule has 1 aliphatic carbocycles. The number of benzene rings is 2. The molecule has 40 heavy (non-hydrogen) atoms. The van der Waals surface area contributed by atoms with Gasteiger partial charge in [0.1, 0.15) is 11.4 Å². The highest BCUT2D eigenvalue weighted by atomic mass is 35.5. The molecule has 4 rings (SSSR count). The van der Waals surface area contributed by atoms with Crippen LogP contribution in [0.3, 0.4) is 0 Å². The summed E-state index contributed by atoms with van der Waals surface area (Å²) in [5.41, 5.74) is -1.52. The van der Waals surface area contributed by atoms with E-state index in [0.717, 1.165) is 17.5 Å². The molecule has 3 aromatic rings. The van der Waals surface area contributed by atoms with Crippen molar-refractivity contribution in [2.24, 2.45) is 0 Å². The van der Waals surface area contributed by atoms with Gasteiger partial charge in [-0.2, -0.15) is 13.2 Å². The van der Waals surface area contributed by atoms with Crippen molar-refractivity contribution in [3.8, 4) is 0 Å². The number of ether oxygens (including phenoxy) is 1. The van der Waals surface area contributed by atoms with Gasteiger partial charge in [0.05, 0.1) is 23.2 Å². The number of amides is 2. The van der Waals surface area contributed by atoms with Gasteiger partial charge in [-0.15, -0.1) is 0 Å². The average Bonchev–Trinajstić information content (AvgIpc) is 2.91. The van der Waals surface area contributed by atoms with Gasteiger partial charge in [-0.25, -0.2) is 4.98 Å². The molecule has 14 heteroatoms. The lowest BCUT2D eigenvalue weighted by atomic mass is 9.92. The molecular weight excluding hydrogens is 555 g/mol. The number of fused-ring (bicyclic) bond motifs is 1. The quantitative estimate of drug-likeness (QED) is 0.142. The summed E-state index contributed by atoms with van der Waals surface area (Å²) >= 11 is 5.95. The molecule has 0 atom stereocenters. The van der Waals surface area contributed by atoms with Crippen LogP contribution in [-0.4, -0.2) is 47.0 Å². The lowest BCUT2D eigenvalue weighted by molar-refractivity contribution is -0.388. The number of halogens is 4. The first-order valence-electron chi connectivity index (χ1n) is 12.4. The van der Waals surface area contributed by atoms with Crippen LogP contribution in [-0.2, 0) is 20.5 Å². The molecule has 0 spiro atoms. The number of alkyl halides is 3. The number of pyridine rings is 1. The predicted octanol–water partition coefficient (Wildman–Crippen LogP) is 5.31. The summed E-state index contributed by atoms with van der Waals surface area (Å²) < 4.78 is 45.4. The van der Waals surface area contributed by atoms with Crippen molar-refractivity contribution in [1.82, 2.24) is 10.3 Å². The lowest BCUT2D eigenvalue weighted by Crippen LogP contribution is -2.38. The molecule has 1 aliphatic rings. The van der Waals surface area contributed by atoms with Crippen LogP contribution in [0.1, 0.15) is 31.2 Å². The number of nitro groups is 1. The van der Waals surface area contributed by atoms with E-state index in [4.69, 9.17) is 16.3 Å². The van der Waals surface area contributed by atoms with Crippen LogP contribution in [0.5, 0.6) is 0 Å². The van der Waals surface area contributed by atoms with E-state index >= 15 is 0 Å². The third-order valence-corrected chi connectivity index (χ3v) is 6.62. The molecule has 0 aliphatic heterocycles. The van der Waals surface area contributed by atoms with Crippen LogP contribution in [0.15, 0.2) is 48.5 Å². The smallest absolute Gasteiger partial charge is 0.382 e. The first-order valence-corrected chi connectivity index (χ1v) is 12.8. The molecule has 0 unspecified atom stereocenters. The van der Waals surface area contributed by atoms with Gasteiger partial charge < -0.3 is 20.7 Å². The van der Waals surface area contributed by atoms with E-state index in [-0.39, 0.29) is 36.8 Å². The van der Waals surface area contributed by atoms with E-state index < -0.39 is 34.2 Å². The second-order valence-electron chi connectivity index (χ2n) is 9.22. The van der Waals surface area contributed by atoms with Crippen LogP contribution in [0, 0.1) is 10.1 Å². The maximum Gasteiger partial charge on any atom is 0.423 e. The Labute approximate surface area is 231 Å². The summed E-state index contributed by atoms with van der Waals surface area (Å²) in [6.45, 7) is 0.283. The molecule has 0 radical (unpaired) electrons. The van der Waals surface area contributed by atoms with Crippen LogP contribution in [0.2, 0.25) is 5.02 Å². The number of hydrogen-bond donors (Lipinski definition) is 3. The minimum absolute atomic E-state index is 0.108. The molecule has 1 heterocycles. The third-order valence-electron chi connectivity index (χ3n) is 6.38. The second-order valence-corrected chi connectivity index (χ2v) is 9.66. The molecule has 1 saturated carbocycles. The number of carbonyl (C=O) groups excluding carboxylic acids is 2. The first-order chi connectivity index (χ1) is 19.0. The van der Waals surface area contributed by atoms with Crippen LogP contribution in [0.25, 0.3) is 10.9 Å². The lowest BCUT2D eigenvalue weighted by Gasteiger charge is -2.30. The molecule has 0 bridgehead atoms. The summed E-state index contributed by atoms with van der Waals surface area (Å²) in [4.78, 5) is 38.5. The number of nitrogens with zero attached hydrogens (tertiary/aromatic N) is 2. The normalized spacial score (nSPS) is 17.3.